The van der Waals surface area contributed by atoms with Crippen LogP contribution in [0.2, 0.25) is 0 Å². The molecule has 0 radical (unpaired) electrons. The smallest absolute Gasteiger partial charge is 0.420 e. The number of ether oxygens (including phenoxy) is 1. The molecule has 0 saturated carbocycles. The van der Waals surface area contributed by atoms with Crippen molar-refractivity contribution < 1.29 is 38.0 Å². The zero-order chi connectivity index (χ0) is 14.1. The number of hydrogen-bond acceptors (Lipinski definition) is 4. The molecule has 0 aliphatic rings. The fourth-order valence-corrected chi connectivity index (χ4v) is 1.37. The van der Waals surface area contributed by atoms with Crippen LogP contribution in [0.4, 0.5) is 13.2 Å². The Hall–Kier alpha value is -1.96. The summed E-state index contributed by atoms with van der Waals surface area (Å²) in [5, 5.41) is 27.2. The van der Waals surface area contributed by atoms with E-state index in [0.717, 1.165) is 7.11 Å². The van der Waals surface area contributed by atoms with Crippen LogP contribution in [0.15, 0.2) is 12.1 Å². The lowest BCUT2D eigenvalue weighted by molar-refractivity contribution is -0.147. The molecule has 18 heavy (non-hydrogen) atoms. The number of alkyl halides is 3. The van der Waals surface area contributed by atoms with Crippen molar-refractivity contribution in [3.05, 3.63) is 23.3 Å². The molecule has 1 aromatic rings. The minimum absolute atomic E-state index is 0.528. The van der Waals surface area contributed by atoms with Gasteiger partial charge in [0, 0.05) is 5.56 Å². The second kappa shape index (κ2) is 4.73. The number of hydrogen-bond donors (Lipinski definition) is 3. The van der Waals surface area contributed by atoms with Gasteiger partial charge in [0.25, 0.3) is 0 Å². The molecule has 1 atom stereocenters. The Morgan fingerprint density at radius 2 is 1.94 bits per heavy atom. The standard InChI is InChI=1S/C10H9F3O5/c1-18-8-5(10(11,12)13)3-2-4(6(8)14)7(15)9(16)17/h2-3,7,14-15H,1H3,(H,16,17). The van der Waals surface area contributed by atoms with E-state index in [4.69, 9.17) is 5.11 Å². The van der Waals surface area contributed by atoms with Crippen LogP contribution in [-0.2, 0) is 11.0 Å². The van der Waals surface area contributed by atoms with Crippen molar-refractivity contribution in [3.63, 3.8) is 0 Å². The molecule has 5 nitrogen and oxygen atoms in total. The van der Waals surface area contributed by atoms with Crippen LogP contribution in [0.1, 0.15) is 17.2 Å². The van der Waals surface area contributed by atoms with E-state index in [1.165, 1.54) is 0 Å². The molecule has 1 aromatic carbocycles. The summed E-state index contributed by atoms with van der Waals surface area (Å²) in [5.41, 5.74) is -1.84. The zero-order valence-corrected chi connectivity index (χ0v) is 9.02. The number of halogens is 3. The van der Waals surface area contributed by atoms with Gasteiger partial charge in [-0.15, -0.1) is 0 Å². The van der Waals surface area contributed by atoms with Gasteiger partial charge in [-0.25, -0.2) is 4.79 Å². The number of rotatable bonds is 3. The summed E-state index contributed by atoms with van der Waals surface area (Å²) in [4.78, 5) is 10.5. The van der Waals surface area contributed by atoms with Crippen molar-refractivity contribution in [2.75, 3.05) is 7.11 Å². The summed E-state index contributed by atoms with van der Waals surface area (Å²) in [6.45, 7) is 0. The highest BCUT2D eigenvalue weighted by atomic mass is 19.4. The van der Waals surface area contributed by atoms with Crippen LogP contribution in [0.25, 0.3) is 0 Å². The molecular formula is C10H9F3O5. The van der Waals surface area contributed by atoms with Gasteiger partial charge in [0.15, 0.2) is 17.6 Å². The summed E-state index contributed by atoms with van der Waals surface area (Å²) >= 11 is 0. The van der Waals surface area contributed by atoms with Crippen LogP contribution >= 0.6 is 0 Å². The molecule has 3 N–H and O–H groups in total. The summed E-state index contributed by atoms with van der Waals surface area (Å²) < 4.78 is 42.0. The van der Waals surface area contributed by atoms with Gasteiger partial charge in [0.2, 0.25) is 0 Å². The number of aliphatic hydroxyl groups is 1. The van der Waals surface area contributed by atoms with Gasteiger partial charge in [-0.05, 0) is 6.07 Å². The molecule has 1 rings (SSSR count). The lowest BCUT2D eigenvalue weighted by Crippen LogP contribution is -2.13. The van der Waals surface area contributed by atoms with E-state index in [1.54, 1.807) is 0 Å². The van der Waals surface area contributed by atoms with Gasteiger partial charge in [0.05, 0.1) is 7.11 Å². The Morgan fingerprint density at radius 3 is 2.33 bits per heavy atom. The maximum absolute atomic E-state index is 12.5. The summed E-state index contributed by atoms with van der Waals surface area (Å²) in [6, 6.07) is 1.21. The van der Waals surface area contributed by atoms with Crippen LogP contribution in [0, 0.1) is 0 Å². The van der Waals surface area contributed by atoms with Crippen molar-refractivity contribution in [1.82, 2.24) is 0 Å². The Kier molecular flexibility index (Phi) is 3.70. The van der Waals surface area contributed by atoms with E-state index >= 15 is 0 Å². The molecule has 0 heterocycles. The number of carboxylic acids is 1. The van der Waals surface area contributed by atoms with Crippen molar-refractivity contribution in [1.29, 1.82) is 0 Å². The predicted molar refractivity (Wildman–Crippen MR) is 52.3 cm³/mol. The third-order valence-electron chi connectivity index (χ3n) is 2.20. The number of methoxy groups -OCH3 is 1. The molecule has 1 unspecified atom stereocenters. The number of aromatic hydroxyl groups is 1. The second-order valence-electron chi connectivity index (χ2n) is 3.32. The maximum atomic E-state index is 12.5. The SMILES string of the molecule is COc1c(C(F)(F)F)ccc(C(O)C(=O)O)c1O. The number of aliphatic hydroxyl groups excluding tert-OH is 1. The number of carbonyl (C=O) groups is 1. The highest BCUT2D eigenvalue weighted by Crippen LogP contribution is 2.44. The Balaban J connectivity index is 3.42. The average molecular weight is 266 g/mol. The highest BCUT2D eigenvalue weighted by molar-refractivity contribution is 5.76. The number of benzene rings is 1. The predicted octanol–water partition coefficient (Wildman–Crippen LogP) is 1.54. The molecule has 8 heteroatoms. The fourth-order valence-electron chi connectivity index (χ4n) is 1.37. The van der Waals surface area contributed by atoms with Gasteiger partial charge in [-0.3, -0.25) is 0 Å². The van der Waals surface area contributed by atoms with Gasteiger partial charge < -0.3 is 20.1 Å². The lowest BCUT2D eigenvalue weighted by atomic mass is 10.0. The van der Waals surface area contributed by atoms with E-state index in [9.17, 15) is 28.2 Å². The Bertz CT molecular complexity index is 469. The van der Waals surface area contributed by atoms with Gasteiger partial charge in [-0.2, -0.15) is 13.2 Å². The highest BCUT2D eigenvalue weighted by Gasteiger charge is 2.37. The quantitative estimate of drug-likeness (QED) is 0.772. The largest absolute Gasteiger partial charge is 0.504 e. The number of phenols is 1. The third kappa shape index (κ3) is 2.48. The first kappa shape index (κ1) is 14.1. The molecule has 0 amide bonds. The van der Waals surface area contributed by atoms with E-state index in [0.29, 0.717) is 12.1 Å². The molecule has 0 spiro atoms. The summed E-state index contributed by atoms with van der Waals surface area (Å²) in [5.74, 6) is -3.69. The van der Waals surface area contributed by atoms with E-state index in [2.05, 4.69) is 4.74 Å². The first-order valence-corrected chi connectivity index (χ1v) is 4.58. The number of aliphatic carboxylic acids is 1. The van der Waals surface area contributed by atoms with Crippen molar-refractivity contribution in [2.45, 2.75) is 12.3 Å². The number of phenolic OH excluding ortho intramolecular Hbond substituents is 1. The Labute approximate surface area is 99.0 Å². The van der Waals surface area contributed by atoms with E-state index in [-0.39, 0.29) is 0 Å². The maximum Gasteiger partial charge on any atom is 0.420 e. The van der Waals surface area contributed by atoms with Gasteiger partial charge in [-0.1, -0.05) is 6.07 Å². The molecule has 0 bridgehead atoms. The van der Waals surface area contributed by atoms with Crippen LogP contribution in [0.5, 0.6) is 11.5 Å². The Morgan fingerprint density at radius 1 is 1.39 bits per heavy atom. The van der Waals surface area contributed by atoms with Gasteiger partial charge in [0.1, 0.15) is 5.56 Å². The summed E-state index contributed by atoms with van der Waals surface area (Å²) in [6.07, 6.45) is -6.91. The summed E-state index contributed by atoms with van der Waals surface area (Å²) in [7, 11) is 0.890. The topological polar surface area (TPSA) is 87.0 Å². The van der Waals surface area contributed by atoms with Crippen molar-refractivity contribution >= 4 is 5.97 Å². The van der Waals surface area contributed by atoms with E-state index < -0.39 is 40.9 Å². The minimum atomic E-state index is -4.77. The lowest BCUT2D eigenvalue weighted by Gasteiger charge is -2.16. The third-order valence-corrected chi connectivity index (χ3v) is 2.20. The monoisotopic (exact) mass is 266 g/mol. The zero-order valence-electron chi connectivity index (χ0n) is 9.02. The fraction of sp³-hybridized carbons (Fsp3) is 0.300. The van der Waals surface area contributed by atoms with Crippen LogP contribution in [-0.4, -0.2) is 28.4 Å². The average Bonchev–Trinajstić information content (AvgIpc) is 2.26. The van der Waals surface area contributed by atoms with Crippen LogP contribution in [0.3, 0.4) is 0 Å². The number of carboxylic acid groups (broad SMARTS) is 1. The first-order valence-electron chi connectivity index (χ1n) is 4.58. The molecule has 0 fully saturated rings. The molecule has 0 aromatic heterocycles. The molecule has 0 aliphatic heterocycles. The van der Waals surface area contributed by atoms with Gasteiger partial charge >= 0.3 is 12.1 Å². The van der Waals surface area contributed by atoms with E-state index in [1.807, 2.05) is 0 Å². The molecule has 0 aliphatic carbocycles. The minimum Gasteiger partial charge on any atom is -0.504 e. The first-order chi connectivity index (χ1) is 8.20. The normalized spacial score (nSPS) is 13.2. The molecule has 100 valence electrons. The second-order valence-corrected chi connectivity index (χ2v) is 3.32. The van der Waals surface area contributed by atoms with Crippen molar-refractivity contribution in [2.24, 2.45) is 0 Å². The van der Waals surface area contributed by atoms with Crippen molar-refractivity contribution in [3.8, 4) is 11.5 Å². The van der Waals surface area contributed by atoms with Crippen LogP contribution < -0.4 is 4.74 Å². The molecule has 0 saturated heterocycles. The molecular weight excluding hydrogens is 257 g/mol.